The number of nitrogens with zero attached hydrogens (tertiary/aromatic N) is 3. The van der Waals surface area contributed by atoms with Crippen molar-refractivity contribution in [1.82, 2.24) is 14.8 Å². The molecule has 3 rings (SSSR count). The van der Waals surface area contributed by atoms with E-state index in [4.69, 9.17) is 0 Å². The molecule has 0 saturated carbocycles. The van der Waals surface area contributed by atoms with E-state index in [9.17, 15) is 4.79 Å². The van der Waals surface area contributed by atoms with Gasteiger partial charge in [-0.15, -0.1) is 11.3 Å². The number of pyridine rings is 1. The monoisotopic (exact) mass is 299 g/mol. The summed E-state index contributed by atoms with van der Waals surface area (Å²) in [4.78, 5) is 16.8. The average molecular weight is 299 g/mol. The first-order chi connectivity index (χ1) is 10.2. The Morgan fingerprint density at radius 3 is 2.95 bits per heavy atom. The third kappa shape index (κ3) is 2.74. The molecule has 3 aromatic rings. The number of carbonyl (C=O) groups is 1. The van der Waals surface area contributed by atoms with Crippen LogP contribution in [0, 0.1) is 0 Å². The molecule has 108 valence electrons. The Labute approximate surface area is 127 Å². The first-order valence-corrected chi connectivity index (χ1v) is 8.01. The molecular formula is C16H17N3OS. The molecule has 0 aliphatic rings. The highest BCUT2D eigenvalue weighted by atomic mass is 32.1. The molecule has 3 heterocycles. The van der Waals surface area contributed by atoms with Crippen LogP contribution in [0.2, 0.25) is 0 Å². The molecule has 0 atom stereocenters. The SMILES string of the molecule is CCc1cc(CC(=O)c2cnc3ccsc3c2)n(CC)n1. The highest BCUT2D eigenvalue weighted by molar-refractivity contribution is 7.17. The number of thiophene rings is 1. The molecule has 3 aromatic heterocycles. The van der Waals surface area contributed by atoms with Crippen LogP contribution in [0.3, 0.4) is 0 Å². The highest BCUT2D eigenvalue weighted by Crippen LogP contribution is 2.20. The minimum atomic E-state index is 0.0926. The summed E-state index contributed by atoms with van der Waals surface area (Å²) < 4.78 is 2.97. The highest BCUT2D eigenvalue weighted by Gasteiger charge is 2.13. The summed E-state index contributed by atoms with van der Waals surface area (Å²) in [6, 6.07) is 5.93. The predicted molar refractivity (Wildman–Crippen MR) is 84.9 cm³/mol. The number of ketones is 1. The van der Waals surface area contributed by atoms with Crippen LogP contribution in [-0.4, -0.2) is 20.5 Å². The van der Waals surface area contributed by atoms with Crippen LogP contribution in [0.1, 0.15) is 35.6 Å². The number of carbonyl (C=O) groups excluding carboxylic acids is 1. The van der Waals surface area contributed by atoms with Crippen molar-refractivity contribution in [3.63, 3.8) is 0 Å². The molecule has 0 aliphatic heterocycles. The van der Waals surface area contributed by atoms with Crippen LogP contribution in [0.25, 0.3) is 10.2 Å². The molecule has 0 spiro atoms. The van der Waals surface area contributed by atoms with E-state index in [1.54, 1.807) is 17.5 Å². The lowest BCUT2D eigenvalue weighted by Crippen LogP contribution is -2.10. The first-order valence-electron chi connectivity index (χ1n) is 7.13. The third-order valence-corrected chi connectivity index (χ3v) is 4.40. The Morgan fingerprint density at radius 2 is 2.19 bits per heavy atom. The quantitative estimate of drug-likeness (QED) is 0.677. The molecule has 0 aromatic carbocycles. The summed E-state index contributed by atoms with van der Waals surface area (Å²) in [5, 5.41) is 6.48. The minimum Gasteiger partial charge on any atom is -0.294 e. The Kier molecular flexibility index (Phi) is 3.84. The van der Waals surface area contributed by atoms with Crippen molar-refractivity contribution in [2.45, 2.75) is 33.2 Å². The number of Topliss-reactive ketones (excluding diaryl/α,β-unsaturated/α-hetero) is 1. The molecular weight excluding hydrogens is 282 g/mol. The van der Waals surface area contributed by atoms with Gasteiger partial charge in [0.15, 0.2) is 5.78 Å². The van der Waals surface area contributed by atoms with E-state index < -0.39 is 0 Å². The number of aryl methyl sites for hydroxylation is 2. The van der Waals surface area contributed by atoms with Gasteiger partial charge in [-0.1, -0.05) is 6.92 Å². The van der Waals surface area contributed by atoms with Gasteiger partial charge in [0, 0.05) is 24.0 Å². The van der Waals surface area contributed by atoms with Crippen LogP contribution < -0.4 is 0 Å². The van der Waals surface area contributed by atoms with Gasteiger partial charge < -0.3 is 0 Å². The van der Waals surface area contributed by atoms with Gasteiger partial charge in [-0.2, -0.15) is 5.10 Å². The van der Waals surface area contributed by atoms with E-state index in [0.29, 0.717) is 12.0 Å². The second-order valence-corrected chi connectivity index (χ2v) is 5.87. The lowest BCUT2D eigenvalue weighted by Gasteiger charge is -2.04. The number of hydrogen-bond acceptors (Lipinski definition) is 4. The van der Waals surface area contributed by atoms with Gasteiger partial charge >= 0.3 is 0 Å². The molecule has 0 aliphatic carbocycles. The maximum Gasteiger partial charge on any atom is 0.170 e. The summed E-state index contributed by atoms with van der Waals surface area (Å²) >= 11 is 1.61. The van der Waals surface area contributed by atoms with Crippen molar-refractivity contribution in [2.24, 2.45) is 0 Å². The van der Waals surface area contributed by atoms with Crippen LogP contribution in [0.4, 0.5) is 0 Å². The largest absolute Gasteiger partial charge is 0.294 e. The fourth-order valence-electron chi connectivity index (χ4n) is 2.37. The molecule has 21 heavy (non-hydrogen) atoms. The van der Waals surface area contributed by atoms with E-state index in [-0.39, 0.29) is 5.78 Å². The molecule has 4 nitrogen and oxygen atoms in total. The Morgan fingerprint density at radius 1 is 1.33 bits per heavy atom. The molecule has 0 bridgehead atoms. The Balaban J connectivity index is 1.86. The summed E-state index contributed by atoms with van der Waals surface area (Å²) in [6.07, 6.45) is 2.93. The summed E-state index contributed by atoms with van der Waals surface area (Å²) in [5.41, 5.74) is 3.63. The van der Waals surface area contributed by atoms with E-state index in [2.05, 4.69) is 17.0 Å². The number of rotatable bonds is 5. The second kappa shape index (κ2) is 5.77. The summed E-state index contributed by atoms with van der Waals surface area (Å²) in [6.45, 7) is 4.90. The summed E-state index contributed by atoms with van der Waals surface area (Å²) in [7, 11) is 0. The molecule has 0 unspecified atom stereocenters. The number of aromatic nitrogens is 3. The normalized spacial score (nSPS) is 11.1. The lowest BCUT2D eigenvalue weighted by molar-refractivity contribution is 0.0990. The fourth-order valence-corrected chi connectivity index (χ4v) is 3.15. The maximum absolute atomic E-state index is 12.5. The van der Waals surface area contributed by atoms with Crippen molar-refractivity contribution in [1.29, 1.82) is 0 Å². The van der Waals surface area contributed by atoms with Crippen LogP contribution in [0.15, 0.2) is 29.8 Å². The van der Waals surface area contributed by atoms with E-state index in [1.807, 2.05) is 35.2 Å². The second-order valence-electron chi connectivity index (χ2n) is 4.92. The zero-order chi connectivity index (χ0) is 14.8. The van der Waals surface area contributed by atoms with Crippen molar-refractivity contribution in [3.8, 4) is 0 Å². The van der Waals surface area contributed by atoms with E-state index >= 15 is 0 Å². The predicted octanol–water partition coefficient (Wildman–Crippen LogP) is 3.50. The molecule has 5 heteroatoms. The Bertz CT molecular complexity index is 788. The van der Waals surface area contributed by atoms with Gasteiger partial charge in [-0.05, 0) is 36.9 Å². The lowest BCUT2D eigenvalue weighted by atomic mass is 10.1. The van der Waals surface area contributed by atoms with Gasteiger partial charge in [-0.25, -0.2) is 0 Å². The molecule has 0 amide bonds. The van der Waals surface area contributed by atoms with Crippen molar-refractivity contribution in [3.05, 3.63) is 46.7 Å². The van der Waals surface area contributed by atoms with Gasteiger partial charge in [0.05, 0.1) is 22.3 Å². The molecule has 0 saturated heterocycles. The first kappa shape index (κ1) is 13.9. The van der Waals surface area contributed by atoms with E-state index in [0.717, 1.165) is 34.6 Å². The third-order valence-electron chi connectivity index (χ3n) is 3.54. The van der Waals surface area contributed by atoms with Crippen molar-refractivity contribution < 1.29 is 4.79 Å². The smallest absolute Gasteiger partial charge is 0.170 e. The van der Waals surface area contributed by atoms with Crippen molar-refractivity contribution in [2.75, 3.05) is 0 Å². The zero-order valence-electron chi connectivity index (χ0n) is 12.2. The van der Waals surface area contributed by atoms with Crippen LogP contribution in [0.5, 0.6) is 0 Å². The van der Waals surface area contributed by atoms with Crippen molar-refractivity contribution >= 4 is 27.3 Å². The van der Waals surface area contributed by atoms with Gasteiger partial charge in [0.25, 0.3) is 0 Å². The molecule has 0 N–H and O–H groups in total. The maximum atomic E-state index is 12.5. The van der Waals surface area contributed by atoms with Gasteiger partial charge in [-0.3, -0.25) is 14.5 Å². The minimum absolute atomic E-state index is 0.0926. The van der Waals surface area contributed by atoms with Gasteiger partial charge in [0.2, 0.25) is 0 Å². The number of hydrogen-bond donors (Lipinski definition) is 0. The zero-order valence-corrected chi connectivity index (χ0v) is 13.0. The average Bonchev–Trinajstić information content (AvgIpc) is 3.12. The van der Waals surface area contributed by atoms with Crippen LogP contribution >= 0.6 is 11.3 Å². The topological polar surface area (TPSA) is 47.8 Å². The van der Waals surface area contributed by atoms with Crippen LogP contribution in [-0.2, 0) is 19.4 Å². The van der Waals surface area contributed by atoms with E-state index in [1.165, 1.54) is 0 Å². The number of fused-ring (bicyclic) bond motifs is 1. The Hall–Kier alpha value is -2.01. The fraction of sp³-hybridized carbons (Fsp3) is 0.312. The molecule has 0 radical (unpaired) electrons. The van der Waals surface area contributed by atoms with Gasteiger partial charge in [0.1, 0.15) is 0 Å². The standard InChI is InChI=1S/C16H17N3OS/c1-3-12-8-13(19(4-2)18-12)9-15(20)11-7-16-14(17-10-11)5-6-21-16/h5-8,10H,3-4,9H2,1-2H3. The summed E-state index contributed by atoms with van der Waals surface area (Å²) in [5.74, 6) is 0.0926. The molecule has 0 fully saturated rings.